The van der Waals surface area contributed by atoms with Crippen molar-refractivity contribution in [2.24, 2.45) is 0 Å². The lowest BCUT2D eigenvalue weighted by Crippen LogP contribution is -2.55. The maximum absolute atomic E-state index is 13.5. The van der Waals surface area contributed by atoms with E-state index in [1.807, 2.05) is 0 Å². The molecule has 0 aromatic heterocycles. The number of nitrogens with one attached hydrogen (secondary N) is 1. The first kappa shape index (κ1) is 27.7. The molecule has 0 radical (unpaired) electrons. The van der Waals surface area contributed by atoms with Crippen LogP contribution in [-0.2, 0) is 28.6 Å². The normalized spacial score (nSPS) is 16.0. The molecule has 0 spiro atoms. The van der Waals surface area contributed by atoms with E-state index in [1.165, 1.54) is 4.90 Å². The second-order valence-corrected chi connectivity index (χ2v) is 10.1. The first-order chi connectivity index (χ1) is 14.7. The minimum Gasteiger partial charge on any atom is -0.465 e. The summed E-state index contributed by atoms with van der Waals surface area (Å²) < 4.78 is 15.7. The Kier molecular flexibility index (Phi) is 10.4. The maximum atomic E-state index is 13.5. The van der Waals surface area contributed by atoms with Gasteiger partial charge in [0, 0.05) is 6.04 Å². The average molecular weight is 457 g/mol. The summed E-state index contributed by atoms with van der Waals surface area (Å²) in [5.74, 6) is -1.69. The van der Waals surface area contributed by atoms with Crippen molar-refractivity contribution in [3.63, 3.8) is 0 Å². The van der Waals surface area contributed by atoms with Gasteiger partial charge in [0.2, 0.25) is 5.91 Å². The summed E-state index contributed by atoms with van der Waals surface area (Å²) >= 11 is 0. The minimum absolute atomic E-state index is 0.165. The highest BCUT2D eigenvalue weighted by Gasteiger charge is 2.36. The van der Waals surface area contributed by atoms with Gasteiger partial charge in [-0.3, -0.25) is 14.4 Å². The lowest BCUT2D eigenvalue weighted by molar-refractivity contribution is -0.158. The second-order valence-electron chi connectivity index (χ2n) is 10.1. The third kappa shape index (κ3) is 10.8. The van der Waals surface area contributed by atoms with Crippen molar-refractivity contribution in [3.8, 4) is 0 Å². The topological polar surface area (TPSA) is 111 Å². The second kappa shape index (κ2) is 12.1. The molecular formula is C23H40N2O7. The lowest BCUT2D eigenvalue weighted by atomic mass is 9.93. The molecule has 1 N–H and O–H groups in total. The molecule has 1 saturated carbocycles. The molecule has 1 atom stereocenters. The number of rotatable bonds is 8. The molecule has 0 saturated heterocycles. The molecule has 2 amide bonds. The Balaban J connectivity index is 3.12. The van der Waals surface area contributed by atoms with Gasteiger partial charge in [-0.2, -0.15) is 0 Å². The van der Waals surface area contributed by atoms with Gasteiger partial charge in [-0.1, -0.05) is 19.3 Å². The van der Waals surface area contributed by atoms with Crippen LogP contribution in [0.4, 0.5) is 4.79 Å². The van der Waals surface area contributed by atoms with Gasteiger partial charge < -0.3 is 24.4 Å². The molecule has 0 aromatic carbocycles. The fourth-order valence-electron chi connectivity index (χ4n) is 3.53. The van der Waals surface area contributed by atoms with E-state index in [-0.39, 0.29) is 25.6 Å². The van der Waals surface area contributed by atoms with Crippen LogP contribution in [0.25, 0.3) is 0 Å². The molecule has 1 rings (SSSR count). The highest BCUT2D eigenvalue weighted by molar-refractivity contribution is 5.91. The summed E-state index contributed by atoms with van der Waals surface area (Å²) in [6.07, 6.45) is 3.24. The molecule has 0 bridgehead atoms. The molecule has 9 heteroatoms. The van der Waals surface area contributed by atoms with Gasteiger partial charge in [0.05, 0.1) is 13.0 Å². The fourth-order valence-corrected chi connectivity index (χ4v) is 3.53. The number of alkyl carbamates (subject to hydrolysis) is 1. The Morgan fingerprint density at radius 1 is 0.906 bits per heavy atom. The van der Waals surface area contributed by atoms with E-state index in [4.69, 9.17) is 14.2 Å². The van der Waals surface area contributed by atoms with Gasteiger partial charge in [0.25, 0.3) is 0 Å². The van der Waals surface area contributed by atoms with Crippen molar-refractivity contribution in [1.29, 1.82) is 0 Å². The zero-order valence-corrected chi connectivity index (χ0v) is 20.6. The van der Waals surface area contributed by atoms with Gasteiger partial charge in [-0.05, 0) is 61.3 Å². The lowest BCUT2D eigenvalue weighted by Gasteiger charge is -2.36. The van der Waals surface area contributed by atoms with Crippen LogP contribution in [0.5, 0.6) is 0 Å². The van der Waals surface area contributed by atoms with Crippen LogP contribution >= 0.6 is 0 Å². The number of carbonyl (C=O) groups excluding carboxylic acids is 4. The number of hydrogen-bond donors (Lipinski definition) is 1. The molecule has 1 fully saturated rings. The molecule has 0 aliphatic heterocycles. The number of esters is 2. The van der Waals surface area contributed by atoms with Crippen molar-refractivity contribution in [3.05, 3.63) is 0 Å². The molecule has 32 heavy (non-hydrogen) atoms. The monoisotopic (exact) mass is 456 g/mol. The molecule has 184 valence electrons. The van der Waals surface area contributed by atoms with Crippen LogP contribution in [-0.4, -0.2) is 65.3 Å². The van der Waals surface area contributed by atoms with Crippen molar-refractivity contribution >= 4 is 23.9 Å². The standard InChI is InChI=1S/C23H40N2O7/c1-8-30-19(27)15-25(16-12-10-9-11-13-16)20(28)17(14-18(26)31-22(2,3)4)24-21(29)32-23(5,6)7/h16-17H,8-15H2,1-7H3,(H,24,29)/t17-/m0/s1. The number of carbonyl (C=O) groups is 4. The Labute approximate surface area is 191 Å². The van der Waals surface area contributed by atoms with Gasteiger partial charge in [0.15, 0.2) is 0 Å². The van der Waals surface area contributed by atoms with Crippen LogP contribution in [0.3, 0.4) is 0 Å². The van der Waals surface area contributed by atoms with E-state index < -0.39 is 41.2 Å². The molecule has 1 aliphatic carbocycles. The first-order valence-electron chi connectivity index (χ1n) is 11.4. The highest BCUT2D eigenvalue weighted by atomic mass is 16.6. The summed E-state index contributed by atoms with van der Waals surface area (Å²) in [4.78, 5) is 52.1. The van der Waals surface area contributed by atoms with Gasteiger partial charge >= 0.3 is 18.0 Å². The summed E-state index contributed by atoms with van der Waals surface area (Å²) in [5.41, 5.74) is -1.53. The molecule has 0 aromatic rings. The Bertz CT molecular complexity index is 628. The van der Waals surface area contributed by atoms with E-state index in [0.717, 1.165) is 32.1 Å². The number of hydrogen-bond acceptors (Lipinski definition) is 7. The van der Waals surface area contributed by atoms with E-state index >= 15 is 0 Å². The predicted octanol–water partition coefficient (Wildman–Crippen LogP) is 3.34. The van der Waals surface area contributed by atoms with E-state index in [9.17, 15) is 19.2 Å². The molecule has 0 heterocycles. The van der Waals surface area contributed by atoms with Crippen molar-refractivity contribution in [2.45, 2.75) is 110 Å². The van der Waals surface area contributed by atoms with E-state index in [0.29, 0.717) is 0 Å². The van der Waals surface area contributed by atoms with E-state index in [1.54, 1.807) is 48.5 Å². The highest BCUT2D eigenvalue weighted by Crippen LogP contribution is 2.24. The first-order valence-corrected chi connectivity index (χ1v) is 11.4. The molecular weight excluding hydrogens is 416 g/mol. The van der Waals surface area contributed by atoms with Crippen LogP contribution in [0.1, 0.15) is 87.0 Å². The fraction of sp³-hybridized carbons (Fsp3) is 0.826. The number of ether oxygens (including phenoxy) is 3. The summed E-state index contributed by atoms with van der Waals surface area (Å²) in [5, 5.41) is 2.51. The Hall–Kier alpha value is -2.32. The largest absolute Gasteiger partial charge is 0.465 e. The van der Waals surface area contributed by atoms with Gasteiger partial charge in [0.1, 0.15) is 23.8 Å². The Morgan fingerprint density at radius 3 is 1.97 bits per heavy atom. The van der Waals surface area contributed by atoms with Crippen LogP contribution in [0.15, 0.2) is 0 Å². The molecule has 9 nitrogen and oxygen atoms in total. The number of amides is 2. The van der Waals surface area contributed by atoms with Crippen molar-refractivity contribution in [2.75, 3.05) is 13.2 Å². The smallest absolute Gasteiger partial charge is 0.408 e. The van der Waals surface area contributed by atoms with Crippen molar-refractivity contribution < 1.29 is 33.4 Å². The summed E-state index contributed by atoms with van der Waals surface area (Å²) in [6, 6.07) is -1.39. The third-order valence-electron chi connectivity index (χ3n) is 4.68. The van der Waals surface area contributed by atoms with Crippen LogP contribution in [0, 0.1) is 0 Å². The molecule has 0 unspecified atom stereocenters. The summed E-state index contributed by atoms with van der Waals surface area (Å²) in [6.45, 7) is 11.9. The van der Waals surface area contributed by atoms with Gasteiger partial charge in [-0.15, -0.1) is 0 Å². The summed E-state index contributed by atoms with van der Waals surface area (Å²) in [7, 11) is 0. The van der Waals surface area contributed by atoms with Crippen LogP contribution < -0.4 is 5.32 Å². The average Bonchev–Trinajstić information content (AvgIpc) is 2.63. The molecule has 1 aliphatic rings. The quantitative estimate of drug-likeness (QED) is 0.440. The Morgan fingerprint density at radius 2 is 1.47 bits per heavy atom. The van der Waals surface area contributed by atoms with E-state index in [2.05, 4.69) is 5.32 Å². The zero-order chi connectivity index (χ0) is 24.5. The minimum atomic E-state index is -1.23. The van der Waals surface area contributed by atoms with Crippen molar-refractivity contribution in [1.82, 2.24) is 10.2 Å². The maximum Gasteiger partial charge on any atom is 0.408 e. The zero-order valence-electron chi connectivity index (χ0n) is 20.6. The van der Waals surface area contributed by atoms with Crippen LogP contribution in [0.2, 0.25) is 0 Å². The number of nitrogens with zero attached hydrogens (tertiary/aromatic N) is 1. The SMILES string of the molecule is CCOC(=O)CN(C(=O)[C@H](CC(=O)OC(C)(C)C)NC(=O)OC(C)(C)C)C1CCCCC1. The van der Waals surface area contributed by atoms with Gasteiger partial charge in [-0.25, -0.2) is 4.79 Å². The predicted molar refractivity (Wildman–Crippen MR) is 119 cm³/mol. The third-order valence-corrected chi connectivity index (χ3v) is 4.68.